The molecule has 4 heteroatoms. The zero-order valence-electron chi connectivity index (χ0n) is 8.87. The zero-order valence-corrected chi connectivity index (χ0v) is 9.68. The van der Waals surface area contributed by atoms with Gasteiger partial charge >= 0.3 is 0 Å². The van der Waals surface area contributed by atoms with E-state index in [2.05, 4.69) is 10.2 Å². The highest BCUT2D eigenvalue weighted by molar-refractivity contribution is 7.84. The highest BCUT2D eigenvalue weighted by atomic mass is 32.2. The molecule has 3 fully saturated rings. The lowest BCUT2D eigenvalue weighted by Gasteiger charge is -2.45. The Labute approximate surface area is 88.7 Å². The van der Waals surface area contributed by atoms with Gasteiger partial charge in [-0.2, -0.15) is 0 Å². The van der Waals surface area contributed by atoms with Crippen molar-refractivity contribution in [3.63, 3.8) is 0 Å². The minimum Gasteiger partial charge on any atom is -0.312 e. The molecule has 3 heterocycles. The maximum Gasteiger partial charge on any atom is 0.0357 e. The molecule has 3 aliphatic heterocycles. The first-order valence-electron chi connectivity index (χ1n) is 5.51. The van der Waals surface area contributed by atoms with Crippen LogP contribution in [0.4, 0.5) is 0 Å². The summed E-state index contributed by atoms with van der Waals surface area (Å²) in [7, 11) is -0.648. The largest absolute Gasteiger partial charge is 0.312 e. The summed E-state index contributed by atoms with van der Waals surface area (Å²) in [5, 5.41) is 3.55. The van der Waals surface area contributed by atoms with Crippen molar-refractivity contribution in [1.29, 1.82) is 0 Å². The molecule has 0 aromatic rings. The molecule has 0 aromatic carbocycles. The third-order valence-corrected chi connectivity index (χ3v) is 4.23. The monoisotopic (exact) mass is 216 g/mol. The van der Waals surface area contributed by atoms with Crippen LogP contribution in [0.25, 0.3) is 0 Å². The van der Waals surface area contributed by atoms with Crippen LogP contribution in [0.15, 0.2) is 0 Å². The van der Waals surface area contributed by atoms with E-state index in [0.29, 0.717) is 6.04 Å². The molecule has 82 valence electrons. The SMILES string of the molecule is CS(=O)CCNC1CN2CCC1CC2. The van der Waals surface area contributed by atoms with Gasteiger partial charge in [-0.3, -0.25) is 4.21 Å². The average molecular weight is 216 g/mol. The Kier molecular flexibility index (Phi) is 3.57. The van der Waals surface area contributed by atoms with E-state index in [4.69, 9.17) is 0 Å². The van der Waals surface area contributed by atoms with E-state index in [1.54, 1.807) is 6.26 Å². The van der Waals surface area contributed by atoms with Crippen molar-refractivity contribution in [3.8, 4) is 0 Å². The summed E-state index contributed by atoms with van der Waals surface area (Å²) in [6.45, 7) is 4.71. The molecule has 0 amide bonds. The second-order valence-corrected chi connectivity index (χ2v) is 6.03. The molecule has 14 heavy (non-hydrogen) atoms. The standard InChI is InChI=1S/C10H20N2OS/c1-14(13)7-4-11-10-8-12-5-2-9(10)3-6-12/h9-11H,2-8H2,1H3. The number of hydrogen-bond donors (Lipinski definition) is 1. The van der Waals surface area contributed by atoms with Crippen molar-refractivity contribution < 1.29 is 4.21 Å². The van der Waals surface area contributed by atoms with Crippen LogP contribution in [0.2, 0.25) is 0 Å². The smallest absolute Gasteiger partial charge is 0.0357 e. The van der Waals surface area contributed by atoms with Crippen LogP contribution in [0.3, 0.4) is 0 Å². The van der Waals surface area contributed by atoms with Crippen molar-refractivity contribution in [2.75, 3.05) is 38.2 Å². The van der Waals surface area contributed by atoms with E-state index in [-0.39, 0.29) is 0 Å². The van der Waals surface area contributed by atoms with E-state index in [9.17, 15) is 4.21 Å². The highest BCUT2D eigenvalue weighted by Gasteiger charge is 2.33. The van der Waals surface area contributed by atoms with Crippen LogP contribution in [0.1, 0.15) is 12.8 Å². The summed E-state index contributed by atoms with van der Waals surface area (Å²) in [6, 6.07) is 0.668. The summed E-state index contributed by atoms with van der Waals surface area (Å²) < 4.78 is 10.9. The lowest BCUT2D eigenvalue weighted by atomic mass is 9.84. The van der Waals surface area contributed by atoms with E-state index in [1.807, 2.05) is 0 Å². The normalized spacial score (nSPS) is 38.5. The van der Waals surface area contributed by atoms with Gasteiger partial charge in [0.15, 0.2) is 0 Å². The van der Waals surface area contributed by atoms with E-state index in [1.165, 1.54) is 32.5 Å². The molecule has 0 saturated carbocycles. The Hall–Kier alpha value is 0.0700. The number of rotatable bonds is 4. The number of nitrogens with zero attached hydrogens (tertiary/aromatic N) is 1. The maximum absolute atomic E-state index is 10.9. The van der Waals surface area contributed by atoms with Gasteiger partial charge in [0.1, 0.15) is 0 Å². The van der Waals surface area contributed by atoms with Gasteiger partial charge < -0.3 is 10.2 Å². The van der Waals surface area contributed by atoms with Gasteiger partial charge in [0.2, 0.25) is 0 Å². The molecule has 2 atom stereocenters. The Morgan fingerprint density at radius 2 is 2.14 bits per heavy atom. The van der Waals surface area contributed by atoms with Gasteiger partial charge in [-0.05, 0) is 31.8 Å². The average Bonchev–Trinajstić information content (AvgIpc) is 2.19. The van der Waals surface area contributed by atoms with E-state index < -0.39 is 10.8 Å². The van der Waals surface area contributed by atoms with Gasteiger partial charge in [0.25, 0.3) is 0 Å². The molecule has 2 unspecified atom stereocenters. The molecular weight excluding hydrogens is 196 g/mol. The molecule has 0 aliphatic carbocycles. The first-order valence-corrected chi connectivity index (χ1v) is 7.24. The minimum absolute atomic E-state index is 0.648. The Morgan fingerprint density at radius 1 is 1.43 bits per heavy atom. The topological polar surface area (TPSA) is 32.3 Å². The predicted molar refractivity (Wildman–Crippen MR) is 59.9 cm³/mol. The minimum atomic E-state index is -0.648. The number of piperidine rings is 3. The fraction of sp³-hybridized carbons (Fsp3) is 1.00. The van der Waals surface area contributed by atoms with Gasteiger partial charge in [-0.1, -0.05) is 0 Å². The summed E-state index contributed by atoms with van der Waals surface area (Å²) in [4.78, 5) is 2.54. The Morgan fingerprint density at radius 3 is 2.64 bits per heavy atom. The molecule has 0 spiro atoms. The van der Waals surface area contributed by atoms with Crippen molar-refractivity contribution >= 4 is 10.8 Å². The molecule has 1 N–H and O–H groups in total. The highest BCUT2D eigenvalue weighted by Crippen LogP contribution is 2.27. The number of fused-ring (bicyclic) bond motifs is 3. The van der Waals surface area contributed by atoms with Gasteiger partial charge in [-0.15, -0.1) is 0 Å². The van der Waals surface area contributed by atoms with Crippen LogP contribution in [-0.2, 0) is 10.8 Å². The summed E-state index contributed by atoms with van der Waals surface area (Å²) in [5.41, 5.74) is 0. The van der Waals surface area contributed by atoms with Crippen LogP contribution >= 0.6 is 0 Å². The molecule has 3 aliphatic rings. The van der Waals surface area contributed by atoms with E-state index in [0.717, 1.165) is 18.2 Å². The van der Waals surface area contributed by atoms with Crippen LogP contribution in [-0.4, -0.2) is 53.3 Å². The fourth-order valence-corrected chi connectivity index (χ4v) is 2.99. The van der Waals surface area contributed by atoms with E-state index >= 15 is 0 Å². The number of hydrogen-bond acceptors (Lipinski definition) is 3. The van der Waals surface area contributed by atoms with Gasteiger partial charge in [0.05, 0.1) is 0 Å². The second kappa shape index (κ2) is 4.73. The van der Waals surface area contributed by atoms with Gasteiger partial charge in [0, 0.05) is 41.9 Å². The molecular formula is C10H20N2OS. The third-order valence-electron chi connectivity index (χ3n) is 3.45. The first kappa shape index (κ1) is 10.6. The predicted octanol–water partition coefficient (Wildman–Crippen LogP) is 0.0487. The number of nitrogens with one attached hydrogen (secondary N) is 1. The second-order valence-electron chi connectivity index (χ2n) is 4.48. The fourth-order valence-electron chi connectivity index (χ4n) is 2.58. The lowest BCUT2D eigenvalue weighted by molar-refractivity contribution is 0.0738. The van der Waals surface area contributed by atoms with Crippen molar-refractivity contribution in [1.82, 2.24) is 10.2 Å². The zero-order chi connectivity index (χ0) is 9.97. The van der Waals surface area contributed by atoms with Gasteiger partial charge in [-0.25, -0.2) is 0 Å². The van der Waals surface area contributed by atoms with Crippen LogP contribution in [0.5, 0.6) is 0 Å². The molecule has 0 aromatic heterocycles. The molecule has 3 rings (SSSR count). The molecule has 3 saturated heterocycles. The summed E-state index contributed by atoms with van der Waals surface area (Å²) >= 11 is 0. The molecule has 3 nitrogen and oxygen atoms in total. The quantitative estimate of drug-likeness (QED) is 0.721. The molecule has 2 bridgehead atoms. The maximum atomic E-state index is 10.9. The first-order chi connectivity index (χ1) is 6.75. The van der Waals surface area contributed by atoms with Crippen molar-refractivity contribution in [2.45, 2.75) is 18.9 Å². The Balaban J connectivity index is 1.73. The summed E-state index contributed by atoms with van der Waals surface area (Å²) in [6.07, 6.45) is 4.48. The third kappa shape index (κ3) is 2.55. The molecule has 0 radical (unpaired) electrons. The van der Waals surface area contributed by atoms with Crippen molar-refractivity contribution in [2.24, 2.45) is 5.92 Å². The lowest BCUT2D eigenvalue weighted by Crippen LogP contribution is -2.56. The Bertz CT molecular complexity index is 214. The van der Waals surface area contributed by atoms with Crippen LogP contribution < -0.4 is 5.32 Å². The van der Waals surface area contributed by atoms with Crippen molar-refractivity contribution in [3.05, 3.63) is 0 Å². The summed E-state index contributed by atoms with van der Waals surface area (Å²) in [5.74, 6) is 1.67. The van der Waals surface area contributed by atoms with Crippen LogP contribution in [0, 0.1) is 5.92 Å².